The number of nitrogens with zero attached hydrogens (tertiary/aromatic N) is 1. The van der Waals surface area contributed by atoms with Crippen LogP contribution in [0.2, 0.25) is 0 Å². The molecule has 0 unspecified atom stereocenters. The van der Waals surface area contributed by atoms with E-state index in [9.17, 15) is 4.79 Å². The highest BCUT2D eigenvalue weighted by atomic mass is 16.5. The van der Waals surface area contributed by atoms with Crippen molar-refractivity contribution in [2.24, 2.45) is 4.99 Å². The summed E-state index contributed by atoms with van der Waals surface area (Å²) in [5, 5.41) is 8.85. The van der Waals surface area contributed by atoms with E-state index in [2.05, 4.69) is 10.9 Å². The maximum absolute atomic E-state index is 13.1. The summed E-state index contributed by atoms with van der Waals surface area (Å²) in [6, 6.07) is 17.3. The lowest BCUT2D eigenvalue weighted by atomic mass is 9.91. The number of benzene rings is 2. The number of hydrogen-bond acceptors (Lipinski definition) is 6. The molecule has 0 radical (unpaired) electrons. The lowest BCUT2D eigenvalue weighted by Gasteiger charge is -2.24. The summed E-state index contributed by atoms with van der Waals surface area (Å²) < 4.78 is 11.4. The van der Waals surface area contributed by atoms with Gasteiger partial charge in [0.25, 0.3) is 5.91 Å². The molecule has 0 saturated heterocycles. The molecular formula is C23H29N3O4. The van der Waals surface area contributed by atoms with Crippen LogP contribution >= 0.6 is 0 Å². The van der Waals surface area contributed by atoms with Crippen molar-refractivity contribution in [2.75, 3.05) is 19.8 Å². The maximum atomic E-state index is 13.1. The van der Waals surface area contributed by atoms with E-state index in [1.807, 2.05) is 68.4 Å². The molecule has 0 fully saturated rings. The number of hydrogen-bond donors (Lipinski definition) is 3. The van der Waals surface area contributed by atoms with Gasteiger partial charge in [-0.05, 0) is 43.7 Å². The molecule has 7 heteroatoms. The van der Waals surface area contributed by atoms with E-state index in [0.29, 0.717) is 31.1 Å². The number of aliphatic imine (C=N–C) groups is 1. The van der Waals surface area contributed by atoms with Gasteiger partial charge in [0, 0.05) is 31.1 Å². The molecule has 1 aliphatic heterocycles. The number of nitrogens with one attached hydrogen (secondary N) is 2. The number of rotatable bonds is 10. The van der Waals surface area contributed by atoms with Crippen LogP contribution in [0, 0.1) is 0 Å². The summed E-state index contributed by atoms with van der Waals surface area (Å²) in [4.78, 5) is 17.8. The van der Waals surface area contributed by atoms with Crippen molar-refractivity contribution in [1.82, 2.24) is 10.9 Å². The van der Waals surface area contributed by atoms with E-state index < -0.39 is 5.54 Å². The quantitative estimate of drug-likeness (QED) is 0.412. The first-order valence-electron chi connectivity index (χ1n) is 10.2. The van der Waals surface area contributed by atoms with Gasteiger partial charge in [-0.15, -0.1) is 0 Å². The second-order valence-electron chi connectivity index (χ2n) is 7.60. The molecule has 1 amide bonds. The van der Waals surface area contributed by atoms with Gasteiger partial charge in [0.1, 0.15) is 12.4 Å². The van der Waals surface area contributed by atoms with E-state index in [4.69, 9.17) is 19.6 Å². The van der Waals surface area contributed by atoms with Crippen molar-refractivity contribution in [3.63, 3.8) is 0 Å². The highest BCUT2D eigenvalue weighted by molar-refractivity contribution is 6.00. The fourth-order valence-corrected chi connectivity index (χ4v) is 3.09. The minimum absolute atomic E-state index is 0.0972. The molecule has 1 aliphatic rings. The monoisotopic (exact) mass is 411 g/mol. The minimum atomic E-state index is -1.05. The van der Waals surface area contributed by atoms with Crippen LogP contribution in [0.1, 0.15) is 31.4 Å². The van der Waals surface area contributed by atoms with Gasteiger partial charge >= 0.3 is 0 Å². The van der Waals surface area contributed by atoms with E-state index in [1.54, 1.807) is 0 Å². The first-order chi connectivity index (χ1) is 14.5. The van der Waals surface area contributed by atoms with Crippen LogP contribution in [0.5, 0.6) is 5.75 Å². The Morgan fingerprint density at radius 3 is 2.60 bits per heavy atom. The van der Waals surface area contributed by atoms with E-state index in [1.165, 1.54) is 0 Å². The standard InChI is InChI=1S/C23H29N3O4/c1-17(2)25-26-22(28)23(15-18-7-4-3-5-8-18)16-30-21(24-23)19-9-11-20(12-10-19)29-14-6-13-27/h3-5,7-12,17,25,27H,6,13-16H2,1-2H3,(H,26,28)/t23-/m0/s1. The zero-order valence-corrected chi connectivity index (χ0v) is 17.4. The molecule has 0 bridgehead atoms. The van der Waals surface area contributed by atoms with Crippen molar-refractivity contribution < 1.29 is 19.4 Å². The van der Waals surface area contributed by atoms with Crippen LogP contribution in [0.25, 0.3) is 0 Å². The average Bonchev–Trinajstić information content (AvgIpc) is 3.18. The zero-order chi connectivity index (χ0) is 21.4. The molecule has 1 atom stereocenters. The highest BCUT2D eigenvalue weighted by Crippen LogP contribution is 2.27. The number of carbonyl (C=O) groups excluding carboxylic acids is 1. The Bertz CT molecular complexity index is 853. The molecular weight excluding hydrogens is 382 g/mol. The molecule has 0 aromatic heterocycles. The van der Waals surface area contributed by atoms with Crippen LogP contribution in [0.4, 0.5) is 0 Å². The Kier molecular flexibility index (Phi) is 7.43. The fourth-order valence-electron chi connectivity index (χ4n) is 3.09. The van der Waals surface area contributed by atoms with E-state index >= 15 is 0 Å². The zero-order valence-electron chi connectivity index (χ0n) is 17.4. The summed E-state index contributed by atoms with van der Waals surface area (Å²) in [7, 11) is 0. The molecule has 0 aliphatic carbocycles. The molecule has 3 rings (SSSR count). The Morgan fingerprint density at radius 1 is 1.20 bits per heavy atom. The topological polar surface area (TPSA) is 92.2 Å². The van der Waals surface area contributed by atoms with Gasteiger partial charge in [0.2, 0.25) is 5.90 Å². The molecule has 0 spiro atoms. The van der Waals surface area contributed by atoms with Crippen LogP contribution in [0.15, 0.2) is 59.6 Å². The summed E-state index contributed by atoms with van der Waals surface area (Å²) in [6.07, 6.45) is 1.02. The van der Waals surface area contributed by atoms with Crippen LogP contribution in [-0.4, -0.2) is 48.3 Å². The fraction of sp³-hybridized carbons (Fsp3) is 0.391. The lowest BCUT2D eigenvalue weighted by molar-refractivity contribution is -0.127. The van der Waals surface area contributed by atoms with Crippen molar-refractivity contribution in [2.45, 2.75) is 38.3 Å². The predicted octanol–water partition coefficient (Wildman–Crippen LogP) is 2.24. The van der Waals surface area contributed by atoms with E-state index in [-0.39, 0.29) is 25.2 Å². The summed E-state index contributed by atoms with van der Waals surface area (Å²) in [6.45, 7) is 4.62. The van der Waals surface area contributed by atoms with Gasteiger partial charge in [-0.25, -0.2) is 10.4 Å². The highest BCUT2D eigenvalue weighted by Gasteiger charge is 2.44. The third-order valence-electron chi connectivity index (χ3n) is 4.67. The smallest absolute Gasteiger partial charge is 0.266 e. The Hall–Kier alpha value is -2.90. The average molecular weight is 412 g/mol. The van der Waals surface area contributed by atoms with Crippen molar-refractivity contribution in [3.05, 3.63) is 65.7 Å². The summed E-state index contributed by atoms with van der Waals surface area (Å²) >= 11 is 0. The molecule has 3 N–H and O–H groups in total. The van der Waals surface area contributed by atoms with Gasteiger partial charge in [-0.3, -0.25) is 10.2 Å². The molecule has 160 valence electrons. The number of ether oxygens (including phenoxy) is 2. The summed E-state index contributed by atoms with van der Waals surface area (Å²) in [5.74, 6) is 0.923. The number of amides is 1. The lowest BCUT2D eigenvalue weighted by Crippen LogP contribution is -2.54. The molecule has 0 saturated carbocycles. The molecule has 7 nitrogen and oxygen atoms in total. The Labute approximate surface area is 177 Å². The first-order valence-corrected chi connectivity index (χ1v) is 10.2. The molecule has 30 heavy (non-hydrogen) atoms. The summed E-state index contributed by atoms with van der Waals surface area (Å²) in [5.41, 5.74) is 6.49. The number of aliphatic hydroxyl groups excluding tert-OH is 1. The number of aliphatic hydroxyl groups is 1. The van der Waals surface area contributed by atoms with Gasteiger partial charge in [-0.1, -0.05) is 30.3 Å². The molecule has 1 heterocycles. The number of carbonyl (C=O) groups is 1. The largest absolute Gasteiger partial charge is 0.494 e. The van der Waals surface area contributed by atoms with Gasteiger partial charge in [-0.2, -0.15) is 0 Å². The van der Waals surface area contributed by atoms with Crippen molar-refractivity contribution in [3.8, 4) is 5.75 Å². The van der Waals surface area contributed by atoms with Gasteiger partial charge in [0.15, 0.2) is 5.54 Å². The van der Waals surface area contributed by atoms with E-state index in [0.717, 1.165) is 11.1 Å². The minimum Gasteiger partial charge on any atom is -0.494 e. The molecule has 2 aromatic carbocycles. The van der Waals surface area contributed by atoms with Gasteiger partial charge in [0.05, 0.1) is 6.61 Å². The third-order valence-corrected chi connectivity index (χ3v) is 4.67. The van der Waals surface area contributed by atoms with Crippen molar-refractivity contribution >= 4 is 11.8 Å². The Morgan fingerprint density at radius 2 is 1.93 bits per heavy atom. The maximum Gasteiger partial charge on any atom is 0.266 e. The van der Waals surface area contributed by atoms with Crippen molar-refractivity contribution in [1.29, 1.82) is 0 Å². The van der Waals surface area contributed by atoms with Crippen LogP contribution in [0.3, 0.4) is 0 Å². The third kappa shape index (κ3) is 5.58. The first kappa shape index (κ1) is 21.8. The van der Waals surface area contributed by atoms with Gasteiger partial charge < -0.3 is 14.6 Å². The molecule has 2 aromatic rings. The second kappa shape index (κ2) is 10.2. The predicted molar refractivity (Wildman–Crippen MR) is 115 cm³/mol. The second-order valence-corrected chi connectivity index (χ2v) is 7.60. The Balaban J connectivity index is 1.80. The SMILES string of the molecule is CC(C)NNC(=O)[C@]1(Cc2ccccc2)COC(c2ccc(OCCCO)cc2)=N1. The number of hydrazine groups is 1. The normalized spacial score (nSPS) is 18.1. The van der Waals surface area contributed by atoms with Crippen LogP contribution < -0.4 is 15.6 Å². The van der Waals surface area contributed by atoms with Crippen LogP contribution in [-0.2, 0) is 16.0 Å².